The van der Waals surface area contributed by atoms with Crippen molar-refractivity contribution in [2.24, 2.45) is 0 Å². The molecule has 0 atom stereocenters. The highest BCUT2D eigenvalue weighted by Gasteiger charge is 2.22. The quantitative estimate of drug-likeness (QED) is 0.436. The number of anilines is 1. The number of amides is 1. The Bertz CT molecular complexity index is 1100. The number of aromatic nitrogens is 2. The lowest BCUT2D eigenvalue weighted by Crippen LogP contribution is -2.23. The molecular weight excluding hydrogens is 338 g/mol. The third kappa shape index (κ3) is 3.48. The molecule has 0 fully saturated rings. The number of hydrogen-bond acceptors (Lipinski definition) is 3. The zero-order chi connectivity index (χ0) is 18.6. The van der Waals surface area contributed by atoms with Crippen LogP contribution in [0.15, 0.2) is 85.2 Å². The van der Waals surface area contributed by atoms with Gasteiger partial charge in [0.05, 0.1) is 5.56 Å². The van der Waals surface area contributed by atoms with Crippen molar-refractivity contribution in [3.05, 3.63) is 96.3 Å². The van der Waals surface area contributed by atoms with Gasteiger partial charge >= 0.3 is 0 Å². The van der Waals surface area contributed by atoms with E-state index in [1.807, 2.05) is 59.2 Å². The molecule has 1 N–H and O–H groups in total. The van der Waals surface area contributed by atoms with Gasteiger partial charge in [-0.05, 0) is 23.8 Å². The van der Waals surface area contributed by atoms with Gasteiger partial charge in [-0.2, -0.15) is 0 Å². The number of carbonyl (C=O) groups is 2. The minimum atomic E-state index is -0.698. The summed E-state index contributed by atoms with van der Waals surface area (Å²) in [4.78, 5) is 29.2. The minimum absolute atomic E-state index is 0.351. The molecule has 2 aromatic heterocycles. The van der Waals surface area contributed by atoms with Crippen LogP contribution < -0.4 is 5.32 Å². The number of para-hydroxylation sites is 1. The number of Topliss-reactive ketones (excluding diaryl/α,β-unsaturated/α-hetero) is 1. The number of nitrogens with one attached hydrogen (secondary N) is 1. The fourth-order valence-corrected chi connectivity index (χ4v) is 3.07. The molecule has 0 aliphatic rings. The normalized spacial score (nSPS) is 10.7. The standard InChI is InChI=1S/C22H17N3O2/c26-21(22(27)24-20-12-6-7-13-23-20)18-15-25(14-16-8-2-1-3-9-16)19-11-5-4-10-17(18)19/h1-13,15H,14H2,(H,23,24,27). The molecule has 0 unspecified atom stereocenters. The second-order valence-electron chi connectivity index (χ2n) is 6.17. The molecule has 132 valence electrons. The van der Waals surface area contributed by atoms with E-state index in [-0.39, 0.29) is 0 Å². The van der Waals surface area contributed by atoms with E-state index in [1.54, 1.807) is 30.6 Å². The zero-order valence-corrected chi connectivity index (χ0v) is 14.5. The maximum Gasteiger partial charge on any atom is 0.298 e. The molecule has 0 aliphatic carbocycles. The molecule has 27 heavy (non-hydrogen) atoms. The second-order valence-corrected chi connectivity index (χ2v) is 6.17. The van der Waals surface area contributed by atoms with Crippen LogP contribution >= 0.6 is 0 Å². The first kappa shape index (κ1) is 16.7. The van der Waals surface area contributed by atoms with Gasteiger partial charge in [0.15, 0.2) is 0 Å². The van der Waals surface area contributed by atoms with Crippen molar-refractivity contribution in [3.63, 3.8) is 0 Å². The average molecular weight is 355 g/mol. The molecule has 0 radical (unpaired) electrons. The van der Waals surface area contributed by atoms with Crippen molar-refractivity contribution < 1.29 is 9.59 Å². The summed E-state index contributed by atoms with van der Waals surface area (Å²) in [6.45, 7) is 0.622. The number of rotatable bonds is 5. The number of pyridine rings is 1. The molecular formula is C22H17N3O2. The predicted octanol–water partition coefficient (Wildman–Crippen LogP) is 3.91. The van der Waals surface area contributed by atoms with Crippen LogP contribution in [0.4, 0.5) is 5.82 Å². The summed E-state index contributed by atoms with van der Waals surface area (Å²) in [5.41, 5.74) is 2.42. The SMILES string of the molecule is O=C(Nc1ccccn1)C(=O)c1cn(Cc2ccccc2)c2ccccc12. The first-order valence-electron chi connectivity index (χ1n) is 8.61. The molecule has 0 aliphatic heterocycles. The Labute approximate surface area is 156 Å². The van der Waals surface area contributed by atoms with E-state index in [9.17, 15) is 9.59 Å². The highest BCUT2D eigenvalue weighted by molar-refractivity contribution is 6.48. The van der Waals surface area contributed by atoms with Gasteiger partial charge in [-0.15, -0.1) is 0 Å². The average Bonchev–Trinajstić information content (AvgIpc) is 3.07. The smallest absolute Gasteiger partial charge is 0.298 e. The number of nitrogens with zero attached hydrogens (tertiary/aromatic N) is 2. The highest BCUT2D eigenvalue weighted by Crippen LogP contribution is 2.23. The lowest BCUT2D eigenvalue weighted by Gasteiger charge is -2.05. The Morgan fingerprint density at radius 3 is 2.41 bits per heavy atom. The van der Waals surface area contributed by atoms with Crippen LogP contribution in [0.1, 0.15) is 15.9 Å². The Morgan fingerprint density at radius 2 is 1.63 bits per heavy atom. The molecule has 0 spiro atoms. The molecule has 0 saturated heterocycles. The van der Waals surface area contributed by atoms with Crippen LogP contribution in [0.5, 0.6) is 0 Å². The fraction of sp³-hybridized carbons (Fsp3) is 0.0455. The number of hydrogen-bond donors (Lipinski definition) is 1. The summed E-state index contributed by atoms with van der Waals surface area (Å²) >= 11 is 0. The second kappa shape index (κ2) is 7.25. The molecule has 0 saturated carbocycles. The third-order valence-electron chi connectivity index (χ3n) is 4.34. The zero-order valence-electron chi connectivity index (χ0n) is 14.5. The summed E-state index contributed by atoms with van der Waals surface area (Å²) in [7, 11) is 0. The van der Waals surface area contributed by atoms with Crippen LogP contribution in [0, 0.1) is 0 Å². The number of carbonyl (C=O) groups excluding carboxylic acids is 2. The Balaban J connectivity index is 1.67. The number of ketones is 1. The van der Waals surface area contributed by atoms with Gasteiger partial charge in [-0.1, -0.05) is 54.6 Å². The van der Waals surface area contributed by atoms with Gasteiger partial charge in [0.1, 0.15) is 5.82 Å². The largest absolute Gasteiger partial charge is 0.342 e. The lowest BCUT2D eigenvalue weighted by atomic mass is 10.1. The fourth-order valence-electron chi connectivity index (χ4n) is 3.07. The van der Waals surface area contributed by atoms with Gasteiger partial charge in [0.2, 0.25) is 0 Å². The van der Waals surface area contributed by atoms with Gasteiger partial charge < -0.3 is 9.88 Å². The van der Waals surface area contributed by atoms with Crippen LogP contribution in [-0.4, -0.2) is 21.2 Å². The molecule has 4 aromatic rings. The molecule has 1 amide bonds. The van der Waals surface area contributed by atoms with Gasteiger partial charge in [0, 0.05) is 29.8 Å². The monoisotopic (exact) mass is 355 g/mol. The molecule has 5 nitrogen and oxygen atoms in total. The Hall–Kier alpha value is -3.73. The summed E-state index contributed by atoms with van der Waals surface area (Å²) in [6.07, 6.45) is 3.31. The molecule has 0 bridgehead atoms. The van der Waals surface area contributed by atoms with E-state index >= 15 is 0 Å². The van der Waals surface area contributed by atoms with Gasteiger partial charge in [-0.3, -0.25) is 9.59 Å². The van der Waals surface area contributed by atoms with Crippen LogP contribution in [0.3, 0.4) is 0 Å². The molecule has 2 aromatic carbocycles. The predicted molar refractivity (Wildman–Crippen MR) is 105 cm³/mol. The highest BCUT2D eigenvalue weighted by atomic mass is 16.2. The van der Waals surface area contributed by atoms with Crippen molar-refractivity contribution in [3.8, 4) is 0 Å². The van der Waals surface area contributed by atoms with Crippen LogP contribution in [-0.2, 0) is 11.3 Å². The summed E-state index contributed by atoms with van der Waals surface area (Å²) in [5.74, 6) is -0.927. The summed E-state index contributed by atoms with van der Waals surface area (Å²) in [6, 6.07) is 22.7. The summed E-state index contributed by atoms with van der Waals surface area (Å²) < 4.78 is 1.99. The molecule has 5 heteroatoms. The summed E-state index contributed by atoms with van der Waals surface area (Å²) in [5, 5.41) is 3.31. The van der Waals surface area contributed by atoms with Crippen molar-refractivity contribution in [2.75, 3.05) is 5.32 Å². The Morgan fingerprint density at radius 1 is 0.889 bits per heavy atom. The maximum atomic E-state index is 12.8. The van der Waals surface area contributed by atoms with Gasteiger partial charge in [-0.25, -0.2) is 4.98 Å². The van der Waals surface area contributed by atoms with Crippen molar-refractivity contribution in [1.29, 1.82) is 0 Å². The van der Waals surface area contributed by atoms with E-state index in [0.29, 0.717) is 17.9 Å². The van der Waals surface area contributed by atoms with E-state index in [1.165, 1.54) is 0 Å². The van der Waals surface area contributed by atoms with Crippen LogP contribution in [0.25, 0.3) is 10.9 Å². The van der Waals surface area contributed by atoms with Gasteiger partial charge in [0.25, 0.3) is 11.7 Å². The molecule has 2 heterocycles. The van der Waals surface area contributed by atoms with Crippen molar-refractivity contribution in [2.45, 2.75) is 6.54 Å². The lowest BCUT2D eigenvalue weighted by molar-refractivity contribution is -0.112. The van der Waals surface area contributed by atoms with E-state index in [2.05, 4.69) is 10.3 Å². The van der Waals surface area contributed by atoms with E-state index in [4.69, 9.17) is 0 Å². The van der Waals surface area contributed by atoms with E-state index < -0.39 is 11.7 Å². The third-order valence-corrected chi connectivity index (χ3v) is 4.34. The first-order valence-corrected chi connectivity index (χ1v) is 8.61. The number of fused-ring (bicyclic) bond motifs is 1. The maximum absolute atomic E-state index is 12.8. The topological polar surface area (TPSA) is 64.0 Å². The van der Waals surface area contributed by atoms with Crippen molar-refractivity contribution >= 4 is 28.4 Å². The Kier molecular flexibility index (Phi) is 4.49. The minimum Gasteiger partial charge on any atom is -0.342 e. The number of benzene rings is 2. The van der Waals surface area contributed by atoms with E-state index in [0.717, 1.165) is 16.5 Å². The molecule has 4 rings (SSSR count). The van der Waals surface area contributed by atoms with Crippen LogP contribution in [0.2, 0.25) is 0 Å². The van der Waals surface area contributed by atoms with Crippen molar-refractivity contribution in [1.82, 2.24) is 9.55 Å². The first-order chi connectivity index (χ1) is 13.2.